The fourth-order valence-electron chi connectivity index (χ4n) is 3.77. The third-order valence-electron chi connectivity index (χ3n) is 5.24. The first-order valence-corrected chi connectivity index (χ1v) is 11.2. The van der Waals surface area contributed by atoms with E-state index in [-0.39, 0.29) is 5.97 Å². The minimum Gasteiger partial charge on any atom is -0.469 e. The minimum atomic E-state index is -0.0637. The Morgan fingerprint density at radius 1 is 0.760 bits per heavy atom. The van der Waals surface area contributed by atoms with Gasteiger partial charge in [-0.1, -0.05) is 104 Å². The van der Waals surface area contributed by atoms with Crippen LogP contribution in [0.5, 0.6) is 0 Å². The molecule has 0 aliphatic rings. The first-order valence-electron chi connectivity index (χ1n) is 11.2. The van der Waals surface area contributed by atoms with Crippen LogP contribution in [0.4, 0.5) is 0 Å². The highest BCUT2D eigenvalue weighted by Crippen LogP contribution is 2.25. The zero-order chi connectivity index (χ0) is 18.8. The lowest BCUT2D eigenvalue weighted by Crippen LogP contribution is -2.05. The summed E-state index contributed by atoms with van der Waals surface area (Å²) < 4.78 is 4.67. The fraction of sp³-hybridized carbons (Fsp3) is 0.957. The van der Waals surface area contributed by atoms with Crippen molar-refractivity contribution >= 4 is 5.97 Å². The standard InChI is InChI=1S/C23H46O2/c1-5-6-7-8-11-14-17-22(20-21(2)3)18-15-12-9-10-13-16-19-23(24)25-4/h21-22H,5-20H2,1-4H3. The fourth-order valence-corrected chi connectivity index (χ4v) is 3.77. The average molecular weight is 355 g/mol. The van der Waals surface area contributed by atoms with E-state index in [1.165, 1.54) is 97.0 Å². The van der Waals surface area contributed by atoms with Gasteiger partial charge in [0.25, 0.3) is 0 Å². The van der Waals surface area contributed by atoms with E-state index in [2.05, 4.69) is 25.5 Å². The molecule has 0 saturated heterocycles. The van der Waals surface area contributed by atoms with E-state index >= 15 is 0 Å². The van der Waals surface area contributed by atoms with Crippen molar-refractivity contribution in [1.29, 1.82) is 0 Å². The molecule has 0 saturated carbocycles. The summed E-state index contributed by atoms with van der Waals surface area (Å²) in [5, 5.41) is 0. The summed E-state index contributed by atoms with van der Waals surface area (Å²) in [6, 6.07) is 0. The third-order valence-corrected chi connectivity index (χ3v) is 5.24. The molecule has 0 aromatic carbocycles. The molecule has 2 nitrogen and oxygen atoms in total. The number of rotatable bonds is 18. The summed E-state index contributed by atoms with van der Waals surface area (Å²) in [7, 11) is 1.47. The summed E-state index contributed by atoms with van der Waals surface area (Å²) in [5.41, 5.74) is 0. The third kappa shape index (κ3) is 18.1. The Bertz CT molecular complexity index is 286. The van der Waals surface area contributed by atoms with Crippen LogP contribution in [0.3, 0.4) is 0 Å². The lowest BCUT2D eigenvalue weighted by Gasteiger charge is -2.19. The van der Waals surface area contributed by atoms with Gasteiger partial charge >= 0.3 is 5.97 Å². The molecule has 0 fully saturated rings. The molecule has 0 spiro atoms. The topological polar surface area (TPSA) is 26.3 Å². The highest BCUT2D eigenvalue weighted by atomic mass is 16.5. The van der Waals surface area contributed by atoms with E-state index in [1.54, 1.807) is 0 Å². The van der Waals surface area contributed by atoms with Gasteiger partial charge in [0.2, 0.25) is 0 Å². The molecule has 0 bridgehead atoms. The van der Waals surface area contributed by atoms with Crippen molar-refractivity contribution in [1.82, 2.24) is 0 Å². The monoisotopic (exact) mass is 354 g/mol. The summed E-state index contributed by atoms with van der Waals surface area (Å²) in [4.78, 5) is 11.0. The van der Waals surface area contributed by atoms with Crippen LogP contribution in [0, 0.1) is 11.8 Å². The molecular weight excluding hydrogens is 308 g/mol. The van der Waals surface area contributed by atoms with Gasteiger partial charge in [0, 0.05) is 6.42 Å². The largest absolute Gasteiger partial charge is 0.469 e. The van der Waals surface area contributed by atoms with E-state index < -0.39 is 0 Å². The SMILES string of the molecule is CCCCCCCCC(CCCCCCCCC(=O)OC)CC(C)C. The Morgan fingerprint density at radius 2 is 1.24 bits per heavy atom. The van der Waals surface area contributed by atoms with Gasteiger partial charge in [-0.25, -0.2) is 0 Å². The maximum absolute atomic E-state index is 11.0. The summed E-state index contributed by atoms with van der Waals surface area (Å²) in [5.74, 6) is 1.72. The van der Waals surface area contributed by atoms with Crippen LogP contribution in [0.1, 0.15) is 124 Å². The van der Waals surface area contributed by atoms with Crippen molar-refractivity contribution < 1.29 is 9.53 Å². The summed E-state index contributed by atoms with van der Waals surface area (Å²) >= 11 is 0. The van der Waals surface area contributed by atoms with Crippen molar-refractivity contribution in [3.63, 3.8) is 0 Å². The van der Waals surface area contributed by atoms with Gasteiger partial charge in [0.1, 0.15) is 0 Å². The van der Waals surface area contributed by atoms with Crippen LogP contribution >= 0.6 is 0 Å². The smallest absolute Gasteiger partial charge is 0.305 e. The molecule has 0 heterocycles. The molecule has 0 aromatic heterocycles. The molecule has 0 rings (SSSR count). The second-order valence-electron chi connectivity index (χ2n) is 8.29. The van der Waals surface area contributed by atoms with E-state index in [1.807, 2.05) is 0 Å². The number of methoxy groups -OCH3 is 1. The molecule has 2 heteroatoms. The van der Waals surface area contributed by atoms with Crippen LogP contribution in [-0.4, -0.2) is 13.1 Å². The van der Waals surface area contributed by atoms with Gasteiger partial charge < -0.3 is 4.74 Å². The number of carbonyl (C=O) groups excluding carboxylic acids is 1. The Morgan fingerprint density at radius 3 is 1.72 bits per heavy atom. The van der Waals surface area contributed by atoms with Crippen molar-refractivity contribution in [2.45, 2.75) is 124 Å². The predicted molar refractivity (Wildman–Crippen MR) is 110 cm³/mol. The Labute approximate surface area is 158 Å². The molecule has 25 heavy (non-hydrogen) atoms. The number of ether oxygens (including phenoxy) is 1. The average Bonchev–Trinajstić information content (AvgIpc) is 2.59. The molecule has 150 valence electrons. The van der Waals surface area contributed by atoms with Crippen molar-refractivity contribution in [2.75, 3.05) is 7.11 Å². The molecule has 1 atom stereocenters. The van der Waals surface area contributed by atoms with Gasteiger partial charge in [-0.3, -0.25) is 4.79 Å². The van der Waals surface area contributed by atoms with E-state index in [0.717, 1.165) is 18.3 Å². The lowest BCUT2D eigenvalue weighted by atomic mass is 9.87. The first kappa shape index (κ1) is 24.5. The van der Waals surface area contributed by atoms with Crippen LogP contribution < -0.4 is 0 Å². The number of unbranched alkanes of at least 4 members (excludes halogenated alkanes) is 10. The number of carbonyl (C=O) groups is 1. The number of esters is 1. The molecule has 0 aliphatic carbocycles. The van der Waals surface area contributed by atoms with Gasteiger partial charge in [-0.2, -0.15) is 0 Å². The highest BCUT2D eigenvalue weighted by molar-refractivity contribution is 5.68. The van der Waals surface area contributed by atoms with Gasteiger partial charge in [-0.15, -0.1) is 0 Å². The van der Waals surface area contributed by atoms with Crippen LogP contribution in [0.25, 0.3) is 0 Å². The van der Waals surface area contributed by atoms with Crippen LogP contribution in [0.15, 0.2) is 0 Å². The Kier molecular flexibility index (Phi) is 17.9. The Hall–Kier alpha value is -0.530. The first-order chi connectivity index (χ1) is 12.1. The molecule has 0 amide bonds. The molecule has 0 radical (unpaired) electrons. The quantitative estimate of drug-likeness (QED) is 0.186. The maximum atomic E-state index is 11.0. The van der Waals surface area contributed by atoms with E-state index in [0.29, 0.717) is 6.42 Å². The Balaban J connectivity index is 3.62. The van der Waals surface area contributed by atoms with Crippen molar-refractivity contribution in [3.05, 3.63) is 0 Å². The summed E-state index contributed by atoms with van der Waals surface area (Å²) in [6.07, 6.45) is 20.9. The van der Waals surface area contributed by atoms with Crippen molar-refractivity contribution in [3.8, 4) is 0 Å². The van der Waals surface area contributed by atoms with Gasteiger partial charge in [-0.05, 0) is 24.7 Å². The van der Waals surface area contributed by atoms with Crippen LogP contribution in [-0.2, 0) is 9.53 Å². The molecular formula is C23H46O2. The van der Waals surface area contributed by atoms with Crippen molar-refractivity contribution in [2.24, 2.45) is 11.8 Å². The molecule has 0 N–H and O–H groups in total. The van der Waals surface area contributed by atoms with Crippen LogP contribution in [0.2, 0.25) is 0 Å². The minimum absolute atomic E-state index is 0.0637. The molecule has 0 aliphatic heterocycles. The number of hydrogen-bond acceptors (Lipinski definition) is 2. The highest BCUT2D eigenvalue weighted by Gasteiger charge is 2.10. The predicted octanol–water partition coefficient (Wildman–Crippen LogP) is 7.69. The molecule has 0 aromatic rings. The number of hydrogen-bond donors (Lipinski definition) is 0. The maximum Gasteiger partial charge on any atom is 0.305 e. The second-order valence-corrected chi connectivity index (χ2v) is 8.29. The normalized spacial score (nSPS) is 12.5. The van der Waals surface area contributed by atoms with Gasteiger partial charge in [0.15, 0.2) is 0 Å². The zero-order valence-corrected chi connectivity index (χ0v) is 17.8. The van der Waals surface area contributed by atoms with Gasteiger partial charge in [0.05, 0.1) is 7.11 Å². The zero-order valence-electron chi connectivity index (χ0n) is 17.8. The summed E-state index contributed by atoms with van der Waals surface area (Å²) in [6.45, 7) is 7.03. The second kappa shape index (κ2) is 18.3. The van der Waals surface area contributed by atoms with E-state index in [4.69, 9.17) is 0 Å². The lowest BCUT2D eigenvalue weighted by molar-refractivity contribution is -0.140. The van der Waals surface area contributed by atoms with E-state index in [9.17, 15) is 4.79 Å². The molecule has 1 unspecified atom stereocenters.